The predicted octanol–water partition coefficient (Wildman–Crippen LogP) is 5.32. The zero-order chi connectivity index (χ0) is 22.1. The van der Waals surface area contributed by atoms with Gasteiger partial charge in [0.1, 0.15) is 5.82 Å². The second-order valence-corrected chi connectivity index (χ2v) is 6.02. The van der Waals surface area contributed by atoms with Gasteiger partial charge in [-0.05, 0) is 18.2 Å². The van der Waals surface area contributed by atoms with Gasteiger partial charge in [0, 0.05) is 5.69 Å². The maximum atomic E-state index is 14.4. The first-order valence-electron chi connectivity index (χ1n) is 6.65. The van der Waals surface area contributed by atoms with Crippen LogP contribution in [0.2, 0.25) is 5.02 Å². The van der Waals surface area contributed by atoms with Crippen molar-refractivity contribution in [2.24, 2.45) is 0 Å². The Kier molecular flexibility index (Phi) is 4.67. The van der Waals surface area contributed by atoms with Crippen LogP contribution in [0.1, 0.15) is 0 Å². The number of carbonyl (C=O) groups excluding carboxylic acids is 1. The molecule has 0 spiro atoms. The van der Waals surface area contributed by atoms with Crippen molar-refractivity contribution in [2.75, 3.05) is 5.32 Å². The van der Waals surface area contributed by atoms with E-state index in [0.29, 0.717) is 18.2 Å². The molecule has 2 nitrogen and oxygen atoms in total. The number of halogens is 13. The fourth-order valence-corrected chi connectivity index (χ4v) is 2.48. The van der Waals surface area contributed by atoms with E-state index in [1.165, 1.54) is 0 Å². The van der Waals surface area contributed by atoms with Crippen molar-refractivity contribution in [1.82, 2.24) is 0 Å². The number of alkyl halides is 11. The summed E-state index contributed by atoms with van der Waals surface area (Å²) in [7, 11) is 0. The highest BCUT2D eigenvalue weighted by atomic mass is 35.5. The Labute approximate surface area is 151 Å². The third-order valence-electron chi connectivity index (χ3n) is 3.93. The Morgan fingerprint density at radius 2 is 1.14 bits per heavy atom. The molecule has 1 amide bonds. The molecule has 0 unspecified atom stereocenters. The van der Waals surface area contributed by atoms with Gasteiger partial charge in [-0.3, -0.25) is 4.79 Å². The normalized spacial score (nSPS) is 25.8. The number of carbonyl (C=O) groups is 1. The summed E-state index contributed by atoms with van der Waals surface area (Å²) in [5, 5.41) is -0.110. The molecule has 1 saturated carbocycles. The Bertz CT molecular complexity index is 794. The van der Waals surface area contributed by atoms with E-state index in [4.69, 9.17) is 11.6 Å². The summed E-state index contributed by atoms with van der Waals surface area (Å²) >= 11 is 5.20. The highest BCUT2D eigenvalue weighted by molar-refractivity contribution is 6.31. The molecule has 0 aromatic heterocycles. The van der Waals surface area contributed by atoms with E-state index in [2.05, 4.69) is 0 Å². The van der Waals surface area contributed by atoms with Crippen LogP contribution in [0.25, 0.3) is 0 Å². The van der Waals surface area contributed by atoms with Crippen molar-refractivity contribution in [3.05, 3.63) is 29.0 Å². The molecule has 28 heavy (non-hydrogen) atoms. The molecule has 0 radical (unpaired) electrons. The van der Waals surface area contributed by atoms with Crippen LogP contribution in [0, 0.1) is 5.82 Å². The summed E-state index contributed by atoms with van der Waals surface area (Å²) in [5.74, 6) is -41.6. The first kappa shape index (κ1) is 22.4. The van der Waals surface area contributed by atoms with Gasteiger partial charge in [0.05, 0.1) is 5.02 Å². The van der Waals surface area contributed by atoms with E-state index >= 15 is 0 Å². The molecule has 1 aromatic rings. The molecule has 0 bridgehead atoms. The van der Waals surface area contributed by atoms with Gasteiger partial charge in [0.25, 0.3) is 5.91 Å². The van der Waals surface area contributed by atoms with Crippen molar-refractivity contribution in [3.8, 4) is 0 Å². The maximum absolute atomic E-state index is 14.4. The monoisotopic (exact) mass is 453 g/mol. The van der Waals surface area contributed by atoms with Crippen LogP contribution in [0.5, 0.6) is 0 Å². The molecule has 15 heteroatoms. The Morgan fingerprint density at radius 3 is 1.54 bits per heavy atom. The summed E-state index contributed by atoms with van der Waals surface area (Å²) in [6.07, 6.45) is 0. The van der Waals surface area contributed by atoms with E-state index in [9.17, 15) is 57.5 Å². The van der Waals surface area contributed by atoms with E-state index < -0.39 is 57.7 Å². The molecule has 1 aliphatic carbocycles. The van der Waals surface area contributed by atoms with Crippen molar-refractivity contribution in [2.45, 2.75) is 35.3 Å². The minimum Gasteiger partial charge on any atom is -0.323 e. The summed E-state index contributed by atoms with van der Waals surface area (Å²) in [5.41, 5.74) is -7.90. The van der Waals surface area contributed by atoms with E-state index in [1.54, 1.807) is 0 Å². The third kappa shape index (κ3) is 2.29. The number of hydrogen-bond acceptors (Lipinski definition) is 1. The standard InChI is InChI=1S/C13H4ClF12NO/c14-5-3-4(1-2-6(5)15)27-7(28)8(16)9(17,18)11(21,22)13(25,26)12(23,24)10(8,19)20/h1-3H,(H,27,28). The molecule has 1 N–H and O–H groups in total. The van der Waals surface area contributed by atoms with Crippen molar-refractivity contribution < 1.29 is 57.5 Å². The molecule has 0 heterocycles. The van der Waals surface area contributed by atoms with Crippen LogP contribution in [0.15, 0.2) is 18.2 Å². The van der Waals surface area contributed by atoms with Gasteiger partial charge in [-0.25, -0.2) is 8.78 Å². The van der Waals surface area contributed by atoms with E-state index in [-0.39, 0.29) is 0 Å². The topological polar surface area (TPSA) is 29.1 Å². The molecule has 0 atom stereocenters. The molecule has 0 saturated heterocycles. The van der Waals surface area contributed by atoms with Crippen LogP contribution >= 0.6 is 11.6 Å². The minimum absolute atomic E-state index is 0.294. The minimum atomic E-state index is -7.43. The van der Waals surface area contributed by atoms with Crippen molar-refractivity contribution in [3.63, 3.8) is 0 Å². The zero-order valence-electron chi connectivity index (χ0n) is 12.6. The van der Waals surface area contributed by atoms with Gasteiger partial charge in [-0.15, -0.1) is 0 Å². The highest BCUT2D eigenvalue weighted by Crippen LogP contribution is 2.69. The lowest BCUT2D eigenvalue weighted by Crippen LogP contribution is -2.86. The van der Waals surface area contributed by atoms with Gasteiger partial charge in [-0.1, -0.05) is 11.6 Å². The summed E-state index contributed by atoms with van der Waals surface area (Å²) in [6.45, 7) is 0. The molecule has 158 valence electrons. The van der Waals surface area contributed by atoms with Gasteiger partial charge in [0.15, 0.2) is 0 Å². The van der Waals surface area contributed by atoms with Crippen LogP contribution in [-0.2, 0) is 4.79 Å². The fourth-order valence-electron chi connectivity index (χ4n) is 2.30. The molecule has 0 aliphatic heterocycles. The predicted molar refractivity (Wildman–Crippen MR) is 68.6 cm³/mol. The molecule has 1 aromatic carbocycles. The first-order valence-corrected chi connectivity index (χ1v) is 7.03. The summed E-state index contributed by atoms with van der Waals surface area (Å²) in [6, 6.07) is 1.05. The van der Waals surface area contributed by atoms with E-state index in [1.807, 2.05) is 0 Å². The lowest BCUT2D eigenvalue weighted by molar-refractivity contribution is -0.475. The van der Waals surface area contributed by atoms with Crippen LogP contribution in [0.3, 0.4) is 0 Å². The lowest BCUT2D eigenvalue weighted by atomic mass is 9.71. The molecular formula is C13H4ClF12NO. The maximum Gasteiger partial charge on any atom is 0.384 e. The average Bonchev–Trinajstić information content (AvgIpc) is 2.55. The number of anilines is 1. The van der Waals surface area contributed by atoms with Crippen LogP contribution in [-0.4, -0.2) is 41.2 Å². The molecular weight excluding hydrogens is 450 g/mol. The number of rotatable bonds is 2. The lowest BCUT2D eigenvalue weighted by Gasteiger charge is -2.51. The highest BCUT2D eigenvalue weighted by Gasteiger charge is 3.02. The number of nitrogens with one attached hydrogen (secondary N) is 1. The SMILES string of the molecule is O=C(Nc1ccc(F)c(Cl)c1)C1(F)C(F)(F)C(F)(F)C(F)(F)C(F)(F)C1(F)F. The average molecular weight is 454 g/mol. The molecule has 1 fully saturated rings. The number of benzene rings is 1. The van der Waals surface area contributed by atoms with Gasteiger partial charge < -0.3 is 5.32 Å². The van der Waals surface area contributed by atoms with Crippen molar-refractivity contribution in [1.29, 1.82) is 0 Å². The Hall–Kier alpha value is -1.86. The smallest absolute Gasteiger partial charge is 0.323 e. The van der Waals surface area contributed by atoms with Crippen LogP contribution < -0.4 is 5.32 Å². The fraction of sp³-hybridized carbons (Fsp3) is 0.462. The first-order chi connectivity index (χ1) is 12.3. The number of hydrogen-bond donors (Lipinski definition) is 1. The zero-order valence-corrected chi connectivity index (χ0v) is 13.3. The Morgan fingerprint density at radius 1 is 0.750 bits per heavy atom. The third-order valence-corrected chi connectivity index (χ3v) is 4.22. The molecule has 2 rings (SSSR count). The summed E-state index contributed by atoms with van der Waals surface area (Å²) in [4.78, 5) is 11.6. The summed E-state index contributed by atoms with van der Waals surface area (Å²) < 4.78 is 162. The van der Waals surface area contributed by atoms with Crippen LogP contribution in [0.4, 0.5) is 58.4 Å². The van der Waals surface area contributed by atoms with Gasteiger partial charge in [-0.2, -0.15) is 43.9 Å². The van der Waals surface area contributed by atoms with Crippen molar-refractivity contribution >= 4 is 23.2 Å². The van der Waals surface area contributed by atoms with Gasteiger partial charge >= 0.3 is 35.3 Å². The number of amides is 1. The quantitative estimate of drug-likeness (QED) is 0.604. The largest absolute Gasteiger partial charge is 0.384 e. The van der Waals surface area contributed by atoms with E-state index in [0.717, 1.165) is 5.32 Å². The van der Waals surface area contributed by atoms with Gasteiger partial charge in [0.2, 0.25) is 0 Å². The Balaban J connectivity index is 2.67. The second-order valence-electron chi connectivity index (χ2n) is 5.61. The second kappa shape index (κ2) is 5.83. The molecule has 1 aliphatic rings.